The van der Waals surface area contributed by atoms with E-state index in [0.717, 1.165) is 28.4 Å². The van der Waals surface area contributed by atoms with Crippen LogP contribution in [-0.2, 0) is 0 Å². The van der Waals surface area contributed by atoms with Crippen LogP contribution in [0, 0.1) is 6.92 Å². The first-order chi connectivity index (χ1) is 12.8. The van der Waals surface area contributed by atoms with Crippen molar-refractivity contribution in [2.24, 2.45) is 0 Å². The molecule has 0 saturated carbocycles. The van der Waals surface area contributed by atoms with E-state index in [1.165, 1.54) is 0 Å². The molecule has 0 radical (unpaired) electrons. The van der Waals surface area contributed by atoms with E-state index in [9.17, 15) is 4.79 Å². The van der Waals surface area contributed by atoms with E-state index in [0.29, 0.717) is 18.6 Å². The molecule has 3 rings (SSSR count). The first kappa shape index (κ1) is 19.1. The van der Waals surface area contributed by atoms with Crippen LogP contribution in [0.2, 0.25) is 0 Å². The number of hydrogen-bond acceptors (Lipinski definition) is 4. The summed E-state index contributed by atoms with van der Waals surface area (Å²) >= 11 is 0. The van der Waals surface area contributed by atoms with Crippen LogP contribution in [0.5, 0.6) is 17.2 Å². The maximum absolute atomic E-state index is 12.9. The van der Waals surface area contributed by atoms with Crippen molar-refractivity contribution in [1.82, 2.24) is 5.32 Å². The van der Waals surface area contributed by atoms with Crippen LogP contribution < -0.4 is 19.5 Å². The lowest BCUT2D eigenvalue weighted by Gasteiger charge is -2.38. The lowest BCUT2D eigenvalue weighted by Crippen LogP contribution is -2.41. The molecule has 0 spiro atoms. The van der Waals surface area contributed by atoms with Gasteiger partial charge in [-0.2, -0.15) is 0 Å². The van der Waals surface area contributed by atoms with Gasteiger partial charge < -0.3 is 19.5 Å². The number of methoxy groups -OCH3 is 1. The van der Waals surface area contributed by atoms with Gasteiger partial charge in [-0.05, 0) is 63.6 Å². The number of benzene rings is 2. The second kappa shape index (κ2) is 7.51. The molecule has 1 atom stereocenters. The number of ether oxygens (including phenoxy) is 3. The highest BCUT2D eigenvalue weighted by Crippen LogP contribution is 2.41. The van der Waals surface area contributed by atoms with Gasteiger partial charge in [0.1, 0.15) is 22.8 Å². The number of amides is 1. The summed E-state index contributed by atoms with van der Waals surface area (Å²) in [6.07, 6.45) is 0.689. The van der Waals surface area contributed by atoms with Crippen molar-refractivity contribution in [2.45, 2.75) is 45.8 Å². The largest absolute Gasteiger partial charge is 0.497 e. The molecule has 0 fully saturated rings. The number of rotatable bonds is 5. The van der Waals surface area contributed by atoms with E-state index < -0.39 is 0 Å². The summed E-state index contributed by atoms with van der Waals surface area (Å²) in [4.78, 5) is 12.9. The van der Waals surface area contributed by atoms with Crippen LogP contribution in [0.3, 0.4) is 0 Å². The Morgan fingerprint density at radius 3 is 2.70 bits per heavy atom. The molecule has 0 aromatic heterocycles. The summed E-state index contributed by atoms with van der Waals surface area (Å²) in [7, 11) is 1.63. The number of hydrogen-bond donors (Lipinski definition) is 1. The fraction of sp³-hybridized carbons (Fsp3) is 0.409. The summed E-state index contributed by atoms with van der Waals surface area (Å²) in [5.74, 6) is 2.18. The molecule has 1 aliphatic heterocycles. The third kappa shape index (κ3) is 4.18. The molecule has 5 heteroatoms. The Balaban J connectivity index is 1.84. The quantitative estimate of drug-likeness (QED) is 0.847. The van der Waals surface area contributed by atoms with Gasteiger partial charge in [-0.15, -0.1) is 0 Å². The molecule has 5 nitrogen and oxygen atoms in total. The topological polar surface area (TPSA) is 56.8 Å². The zero-order chi connectivity index (χ0) is 19.6. The molecule has 1 N–H and O–H groups in total. The second-order valence-corrected chi connectivity index (χ2v) is 7.41. The smallest absolute Gasteiger partial charge is 0.251 e. The van der Waals surface area contributed by atoms with Crippen molar-refractivity contribution < 1.29 is 19.0 Å². The van der Waals surface area contributed by atoms with Gasteiger partial charge in [0.2, 0.25) is 0 Å². The van der Waals surface area contributed by atoms with Gasteiger partial charge in [0, 0.05) is 23.6 Å². The van der Waals surface area contributed by atoms with Crippen molar-refractivity contribution in [2.75, 3.05) is 13.7 Å². The summed E-state index contributed by atoms with van der Waals surface area (Å²) in [5, 5.41) is 3.16. The predicted molar refractivity (Wildman–Crippen MR) is 105 cm³/mol. The second-order valence-electron chi connectivity index (χ2n) is 7.41. The highest BCUT2D eigenvalue weighted by atomic mass is 16.5. The average molecular weight is 369 g/mol. The fourth-order valence-corrected chi connectivity index (χ4v) is 3.44. The Morgan fingerprint density at radius 1 is 1.26 bits per heavy atom. The molecule has 0 bridgehead atoms. The minimum atomic E-state index is -0.383. The maximum Gasteiger partial charge on any atom is 0.251 e. The molecule has 1 aliphatic rings. The predicted octanol–water partition coefficient (Wildman–Crippen LogP) is 4.43. The van der Waals surface area contributed by atoms with E-state index in [2.05, 4.69) is 5.32 Å². The Hall–Kier alpha value is -2.69. The standard InChI is InChI=1S/C22H27NO4/c1-6-26-19-10-7-15(11-14(19)2)21(24)23-18-13-22(3,4)27-20-12-16(25-5)8-9-17(18)20/h7-12,18H,6,13H2,1-5H3,(H,23,24). The average Bonchev–Trinajstić information content (AvgIpc) is 2.62. The lowest BCUT2D eigenvalue weighted by atomic mass is 9.89. The van der Waals surface area contributed by atoms with Crippen molar-refractivity contribution in [3.8, 4) is 17.2 Å². The SMILES string of the molecule is CCOc1ccc(C(=O)NC2CC(C)(C)Oc3cc(OC)ccc32)cc1C. The molecule has 2 aromatic carbocycles. The van der Waals surface area contributed by atoms with Crippen molar-refractivity contribution >= 4 is 5.91 Å². The molecule has 0 saturated heterocycles. The minimum absolute atomic E-state index is 0.106. The van der Waals surface area contributed by atoms with Crippen LogP contribution in [0.15, 0.2) is 36.4 Å². The van der Waals surface area contributed by atoms with Gasteiger partial charge in [-0.25, -0.2) is 0 Å². The van der Waals surface area contributed by atoms with Gasteiger partial charge in [0.25, 0.3) is 5.91 Å². The van der Waals surface area contributed by atoms with Crippen molar-refractivity contribution in [1.29, 1.82) is 0 Å². The number of carbonyl (C=O) groups is 1. The van der Waals surface area contributed by atoms with Crippen LogP contribution in [0.4, 0.5) is 0 Å². The number of nitrogens with one attached hydrogen (secondary N) is 1. The first-order valence-electron chi connectivity index (χ1n) is 9.24. The zero-order valence-electron chi connectivity index (χ0n) is 16.6. The Labute approximate surface area is 160 Å². The van der Waals surface area contributed by atoms with Crippen molar-refractivity contribution in [3.05, 3.63) is 53.1 Å². The summed E-state index contributed by atoms with van der Waals surface area (Å²) in [5.41, 5.74) is 2.15. The third-order valence-electron chi connectivity index (χ3n) is 4.72. The summed E-state index contributed by atoms with van der Waals surface area (Å²) in [6.45, 7) is 8.54. The summed E-state index contributed by atoms with van der Waals surface area (Å²) in [6, 6.07) is 11.1. The molecule has 0 aliphatic carbocycles. The molecular formula is C22H27NO4. The van der Waals surface area contributed by atoms with E-state index in [1.54, 1.807) is 13.2 Å². The number of fused-ring (bicyclic) bond motifs is 1. The highest BCUT2D eigenvalue weighted by Gasteiger charge is 2.35. The molecule has 1 amide bonds. The zero-order valence-corrected chi connectivity index (χ0v) is 16.6. The third-order valence-corrected chi connectivity index (χ3v) is 4.72. The van der Waals surface area contributed by atoms with Gasteiger partial charge in [-0.1, -0.05) is 0 Å². The minimum Gasteiger partial charge on any atom is -0.497 e. The maximum atomic E-state index is 12.9. The van der Waals surface area contributed by atoms with Crippen LogP contribution in [0.1, 0.15) is 54.7 Å². The van der Waals surface area contributed by atoms with E-state index in [1.807, 2.05) is 58.0 Å². The van der Waals surface area contributed by atoms with Crippen LogP contribution >= 0.6 is 0 Å². The number of aryl methyl sites for hydroxylation is 1. The van der Waals surface area contributed by atoms with E-state index in [-0.39, 0.29) is 17.6 Å². The van der Waals surface area contributed by atoms with Gasteiger partial charge in [0.05, 0.1) is 19.8 Å². The molecule has 1 unspecified atom stereocenters. The number of carbonyl (C=O) groups excluding carboxylic acids is 1. The molecular weight excluding hydrogens is 342 g/mol. The van der Waals surface area contributed by atoms with Crippen LogP contribution in [-0.4, -0.2) is 25.2 Å². The van der Waals surface area contributed by atoms with E-state index >= 15 is 0 Å². The molecule has 1 heterocycles. The monoisotopic (exact) mass is 369 g/mol. The fourth-order valence-electron chi connectivity index (χ4n) is 3.44. The molecule has 27 heavy (non-hydrogen) atoms. The van der Waals surface area contributed by atoms with Crippen molar-refractivity contribution in [3.63, 3.8) is 0 Å². The van der Waals surface area contributed by atoms with Gasteiger partial charge in [-0.3, -0.25) is 4.79 Å². The highest BCUT2D eigenvalue weighted by molar-refractivity contribution is 5.95. The van der Waals surface area contributed by atoms with Gasteiger partial charge >= 0.3 is 0 Å². The Kier molecular flexibility index (Phi) is 5.31. The lowest BCUT2D eigenvalue weighted by molar-refractivity contribution is 0.0617. The molecule has 2 aromatic rings. The van der Waals surface area contributed by atoms with E-state index in [4.69, 9.17) is 14.2 Å². The van der Waals surface area contributed by atoms with Crippen LogP contribution in [0.25, 0.3) is 0 Å². The Morgan fingerprint density at radius 2 is 2.04 bits per heavy atom. The first-order valence-corrected chi connectivity index (χ1v) is 9.24. The summed E-state index contributed by atoms with van der Waals surface area (Å²) < 4.78 is 16.9. The normalized spacial score (nSPS) is 17.4. The molecule has 144 valence electrons. The van der Waals surface area contributed by atoms with Gasteiger partial charge in [0.15, 0.2) is 0 Å². The Bertz CT molecular complexity index is 844.